The lowest BCUT2D eigenvalue weighted by Gasteiger charge is -1.86. The molecule has 0 saturated heterocycles. The van der Waals surface area contributed by atoms with Gasteiger partial charge in [-0.25, -0.2) is 9.79 Å². The van der Waals surface area contributed by atoms with Crippen molar-refractivity contribution in [2.45, 2.75) is 18.4 Å². The highest BCUT2D eigenvalue weighted by Gasteiger charge is 2.40. The van der Waals surface area contributed by atoms with E-state index in [1.807, 2.05) is 12.1 Å². The number of carbonyl (C=O) groups excluding carboxylic acids is 1. The average molecular weight is 149 g/mol. The molecule has 1 aliphatic carbocycles. The SMILES string of the molecule is O=C=NC1CC1c1ccco1. The Hall–Kier alpha value is -1.34. The number of isocyanates is 1. The van der Waals surface area contributed by atoms with Gasteiger partial charge in [0.15, 0.2) is 0 Å². The molecule has 1 aromatic heterocycles. The van der Waals surface area contributed by atoms with Gasteiger partial charge >= 0.3 is 0 Å². The Kier molecular flexibility index (Phi) is 1.37. The van der Waals surface area contributed by atoms with Gasteiger partial charge in [-0.3, -0.25) is 0 Å². The number of hydrogen-bond donors (Lipinski definition) is 0. The molecule has 1 fully saturated rings. The summed E-state index contributed by atoms with van der Waals surface area (Å²) in [7, 11) is 0. The van der Waals surface area contributed by atoms with Crippen LogP contribution in [0.2, 0.25) is 0 Å². The number of nitrogens with zero attached hydrogens (tertiary/aromatic N) is 1. The molecular formula is C8H7NO2. The summed E-state index contributed by atoms with van der Waals surface area (Å²) in [6.45, 7) is 0. The zero-order chi connectivity index (χ0) is 7.68. The van der Waals surface area contributed by atoms with Crippen LogP contribution in [0.25, 0.3) is 0 Å². The molecular weight excluding hydrogens is 142 g/mol. The Morgan fingerprint density at radius 2 is 2.64 bits per heavy atom. The van der Waals surface area contributed by atoms with Crippen LogP contribution in [0.5, 0.6) is 0 Å². The minimum absolute atomic E-state index is 0.124. The van der Waals surface area contributed by atoms with Gasteiger partial charge < -0.3 is 4.42 Å². The maximum atomic E-state index is 9.85. The zero-order valence-corrected chi connectivity index (χ0v) is 5.86. The van der Waals surface area contributed by atoms with Crippen LogP contribution >= 0.6 is 0 Å². The largest absolute Gasteiger partial charge is 0.469 e. The third-order valence-corrected chi connectivity index (χ3v) is 1.88. The minimum Gasteiger partial charge on any atom is -0.469 e. The summed E-state index contributed by atoms with van der Waals surface area (Å²) in [5.41, 5.74) is 0. The molecule has 2 atom stereocenters. The second kappa shape index (κ2) is 2.36. The van der Waals surface area contributed by atoms with E-state index in [1.165, 1.54) is 0 Å². The summed E-state index contributed by atoms with van der Waals surface area (Å²) in [5, 5.41) is 0. The fourth-order valence-electron chi connectivity index (χ4n) is 1.20. The highest BCUT2D eigenvalue weighted by atomic mass is 16.3. The molecule has 3 heteroatoms. The van der Waals surface area contributed by atoms with Crippen LogP contribution in [0.3, 0.4) is 0 Å². The van der Waals surface area contributed by atoms with Crippen molar-refractivity contribution in [1.82, 2.24) is 0 Å². The fraction of sp³-hybridized carbons (Fsp3) is 0.375. The second-order valence-corrected chi connectivity index (χ2v) is 2.65. The van der Waals surface area contributed by atoms with Crippen molar-refractivity contribution in [2.24, 2.45) is 4.99 Å². The lowest BCUT2D eigenvalue weighted by molar-refractivity contribution is 0.509. The van der Waals surface area contributed by atoms with E-state index in [0.717, 1.165) is 12.2 Å². The number of furan rings is 1. The minimum atomic E-state index is 0.124. The molecule has 1 aliphatic rings. The van der Waals surface area contributed by atoms with Crippen molar-refractivity contribution >= 4 is 6.08 Å². The van der Waals surface area contributed by atoms with Gasteiger partial charge in [0.25, 0.3) is 0 Å². The van der Waals surface area contributed by atoms with Gasteiger partial charge in [0.1, 0.15) is 5.76 Å². The molecule has 1 aromatic rings. The van der Waals surface area contributed by atoms with Gasteiger partial charge in [0.05, 0.1) is 12.3 Å². The van der Waals surface area contributed by atoms with Gasteiger partial charge in [-0.05, 0) is 18.6 Å². The maximum absolute atomic E-state index is 9.85. The molecule has 2 rings (SSSR count). The third kappa shape index (κ3) is 1.10. The molecule has 0 spiro atoms. The first-order valence-electron chi connectivity index (χ1n) is 3.52. The van der Waals surface area contributed by atoms with E-state index in [2.05, 4.69) is 4.99 Å². The van der Waals surface area contributed by atoms with Crippen LogP contribution in [-0.2, 0) is 4.79 Å². The van der Waals surface area contributed by atoms with E-state index < -0.39 is 0 Å². The highest BCUT2D eigenvalue weighted by molar-refractivity contribution is 5.36. The second-order valence-electron chi connectivity index (χ2n) is 2.65. The first kappa shape index (κ1) is 6.38. The standard InChI is InChI=1S/C8H7NO2/c10-5-9-7-4-6(7)8-2-1-3-11-8/h1-3,6-7H,4H2. The number of hydrogen-bond acceptors (Lipinski definition) is 3. The van der Waals surface area contributed by atoms with Gasteiger partial charge in [0, 0.05) is 5.92 Å². The Morgan fingerprint density at radius 3 is 3.27 bits per heavy atom. The topological polar surface area (TPSA) is 42.6 Å². The molecule has 0 N–H and O–H groups in total. The molecule has 56 valence electrons. The monoisotopic (exact) mass is 149 g/mol. The summed E-state index contributed by atoms with van der Waals surface area (Å²) >= 11 is 0. The lowest BCUT2D eigenvalue weighted by Crippen LogP contribution is -1.80. The molecule has 2 unspecified atom stereocenters. The molecule has 11 heavy (non-hydrogen) atoms. The van der Waals surface area contributed by atoms with E-state index >= 15 is 0 Å². The molecule has 0 aliphatic heterocycles. The molecule has 3 nitrogen and oxygen atoms in total. The summed E-state index contributed by atoms with van der Waals surface area (Å²) in [6.07, 6.45) is 4.11. The zero-order valence-electron chi connectivity index (χ0n) is 5.86. The molecule has 1 saturated carbocycles. The van der Waals surface area contributed by atoms with Crippen LogP contribution in [-0.4, -0.2) is 12.1 Å². The van der Waals surface area contributed by atoms with E-state index in [0.29, 0.717) is 5.92 Å². The van der Waals surface area contributed by atoms with Gasteiger partial charge in [-0.15, -0.1) is 0 Å². The third-order valence-electron chi connectivity index (χ3n) is 1.88. The van der Waals surface area contributed by atoms with Crippen molar-refractivity contribution in [3.63, 3.8) is 0 Å². The number of aliphatic imine (C=N–C) groups is 1. The Labute approximate surface area is 63.7 Å². The van der Waals surface area contributed by atoms with Crippen molar-refractivity contribution in [2.75, 3.05) is 0 Å². The van der Waals surface area contributed by atoms with E-state index in [4.69, 9.17) is 4.42 Å². The molecule has 0 amide bonds. The maximum Gasteiger partial charge on any atom is 0.235 e. The van der Waals surface area contributed by atoms with E-state index in [-0.39, 0.29) is 6.04 Å². The summed E-state index contributed by atoms with van der Waals surface area (Å²) < 4.78 is 5.14. The normalized spacial score (nSPS) is 27.6. The van der Waals surface area contributed by atoms with Crippen molar-refractivity contribution in [3.05, 3.63) is 24.2 Å². The average Bonchev–Trinajstić information content (AvgIpc) is 2.61. The Morgan fingerprint density at radius 1 is 1.73 bits per heavy atom. The molecule has 0 radical (unpaired) electrons. The first-order valence-corrected chi connectivity index (χ1v) is 3.52. The lowest BCUT2D eigenvalue weighted by atomic mass is 10.3. The van der Waals surface area contributed by atoms with Crippen molar-refractivity contribution in [1.29, 1.82) is 0 Å². The van der Waals surface area contributed by atoms with Crippen LogP contribution in [0.15, 0.2) is 27.8 Å². The fourth-order valence-corrected chi connectivity index (χ4v) is 1.20. The van der Waals surface area contributed by atoms with Gasteiger partial charge in [-0.2, -0.15) is 0 Å². The van der Waals surface area contributed by atoms with Crippen molar-refractivity contribution in [3.8, 4) is 0 Å². The van der Waals surface area contributed by atoms with E-state index in [1.54, 1.807) is 12.3 Å². The summed E-state index contributed by atoms with van der Waals surface area (Å²) in [5.74, 6) is 1.25. The quantitative estimate of drug-likeness (QED) is 0.472. The highest BCUT2D eigenvalue weighted by Crippen LogP contribution is 2.43. The summed E-state index contributed by atoms with van der Waals surface area (Å²) in [6, 6.07) is 3.87. The van der Waals surface area contributed by atoms with Crippen LogP contribution in [0, 0.1) is 0 Å². The number of rotatable bonds is 2. The van der Waals surface area contributed by atoms with Gasteiger partial charge in [0.2, 0.25) is 6.08 Å². The Balaban J connectivity index is 2.07. The predicted molar refractivity (Wildman–Crippen MR) is 38.0 cm³/mol. The van der Waals surface area contributed by atoms with Crippen LogP contribution in [0.4, 0.5) is 0 Å². The Bertz CT molecular complexity index is 285. The molecule has 0 bridgehead atoms. The van der Waals surface area contributed by atoms with Crippen molar-refractivity contribution < 1.29 is 9.21 Å². The summed E-state index contributed by atoms with van der Waals surface area (Å²) in [4.78, 5) is 13.5. The van der Waals surface area contributed by atoms with Crippen LogP contribution < -0.4 is 0 Å². The van der Waals surface area contributed by atoms with Gasteiger partial charge in [-0.1, -0.05) is 0 Å². The molecule has 1 heterocycles. The van der Waals surface area contributed by atoms with Crippen LogP contribution in [0.1, 0.15) is 18.1 Å². The predicted octanol–water partition coefficient (Wildman–Crippen LogP) is 1.47. The smallest absolute Gasteiger partial charge is 0.235 e. The molecule has 0 aromatic carbocycles. The van der Waals surface area contributed by atoms with E-state index in [9.17, 15) is 4.79 Å². The first-order chi connectivity index (χ1) is 5.42.